The van der Waals surface area contributed by atoms with Crippen molar-refractivity contribution < 1.29 is 4.79 Å². The van der Waals surface area contributed by atoms with Crippen LogP contribution in [0.15, 0.2) is 23.6 Å². The zero-order valence-corrected chi connectivity index (χ0v) is 15.9. The van der Waals surface area contributed by atoms with E-state index in [1.807, 2.05) is 33.7 Å². The molecular weight excluding hydrogens is 348 g/mol. The molecule has 8 heteroatoms. The molecule has 0 N–H and O–H groups in total. The van der Waals surface area contributed by atoms with Crippen molar-refractivity contribution in [3.63, 3.8) is 0 Å². The summed E-state index contributed by atoms with van der Waals surface area (Å²) >= 11 is 1.50. The number of thiophene rings is 1. The largest absolute Gasteiger partial charge is 0.353 e. The van der Waals surface area contributed by atoms with Crippen LogP contribution in [0.25, 0.3) is 5.78 Å². The van der Waals surface area contributed by atoms with Crippen LogP contribution in [0.5, 0.6) is 0 Å². The van der Waals surface area contributed by atoms with E-state index in [1.54, 1.807) is 0 Å². The fraction of sp³-hybridized carbons (Fsp3) is 0.444. The van der Waals surface area contributed by atoms with Crippen LogP contribution in [0.1, 0.15) is 34.5 Å². The number of piperazine rings is 1. The van der Waals surface area contributed by atoms with Gasteiger partial charge in [0, 0.05) is 37.9 Å². The van der Waals surface area contributed by atoms with Crippen molar-refractivity contribution in [2.45, 2.75) is 26.7 Å². The van der Waals surface area contributed by atoms with Crippen LogP contribution in [-0.4, -0.2) is 56.6 Å². The van der Waals surface area contributed by atoms with Crippen molar-refractivity contribution >= 4 is 28.8 Å². The number of carbonyl (C=O) groups excluding carboxylic acids is 1. The second kappa shape index (κ2) is 7.03. The van der Waals surface area contributed by atoms with Crippen molar-refractivity contribution in [2.24, 2.45) is 0 Å². The van der Waals surface area contributed by atoms with Gasteiger partial charge < -0.3 is 9.80 Å². The summed E-state index contributed by atoms with van der Waals surface area (Å²) in [4.78, 5) is 22.2. The van der Waals surface area contributed by atoms with Gasteiger partial charge in [-0.2, -0.15) is 4.98 Å². The second-order valence-electron chi connectivity index (χ2n) is 6.49. The Labute approximate surface area is 156 Å². The van der Waals surface area contributed by atoms with E-state index in [4.69, 9.17) is 4.98 Å². The molecule has 0 unspecified atom stereocenters. The number of aromatic nitrogens is 4. The lowest BCUT2D eigenvalue weighted by Gasteiger charge is -2.35. The summed E-state index contributed by atoms with van der Waals surface area (Å²) in [5, 5.41) is 10.3. The Morgan fingerprint density at radius 1 is 1.23 bits per heavy atom. The number of carbonyl (C=O) groups is 1. The molecule has 0 atom stereocenters. The number of anilines is 1. The standard InChI is InChI=1S/C18H22N6OS/c1-3-5-14-12-16(19-18-21-20-13(2)24(14)18)22-7-9-23(10-8-22)17(25)15-6-4-11-26-15/h4,6,11-12H,3,5,7-10H2,1-2H3. The molecule has 7 nitrogen and oxygen atoms in total. The van der Waals surface area contributed by atoms with Crippen molar-refractivity contribution in [1.29, 1.82) is 0 Å². The van der Waals surface area contributed by atoms with Gasteiger partial charge in [0.15, 0.2) is 0 Å². The van der Waals surface area contributed by atoms with Gasteiger partial charge in [0.05, 0.1) is 4.88 Å². The van der Waals surface area contributed by atoms with Crippen LogP contribution in [-0.2, 0) is 6.42 Å². The first kappa shape index (κ1) is 17.0. The average molecular weight is 370 g/mol. The Hall–Kier alpha value is -2.48. The van der Waals surface area contributed by atoms with E-state index in [9.17, 15) is 4.79 Å². The molecule has 0 bridgehead atoms. The predicted molar refractivity (Wildman–Crippen MR) is 102 cm³/mol. The summed E-state index contributed by atoms with van der Waals surface area (Å²) in [7, 11) is 0. The molecule has 1 aliphatic heterocycles. The first-order chi connectivity index (χ1) is 12.7. The van der Waals surface area contributed by atoms with E-state index >= 15 is 0 Å². The average Bonchev–Trinajstić information content (AvgIpc) is 3.32. The monoisotopic (exact) mass is 370 g/mol. The Balaban J connectivity index is 1.53. The zero-order valence-electron chi connectivity index (χ0n) is 15.1. The number of rotatable bonds is 4. The zero-order chi connectivity index (χ0) is 18.1. The van der Waals surface area contributed by atoms with Gasteiger partial charge in [0.2, 0.25) is 0 Å². The smallest absolute Gasteiger partial charge is 0.264 e. The molecule has 4 rings (SSSR count). The molecule has 136 valence electrons. The molecule has 0 aliphatic carbocycles. The van der Waals surface area contributed by atoms with E-state index in [0.717, 1.165) is 42.5 Å². The molecule has 1 fully saturated rings. The lowest BCUT2D eigenvalue weighted by molar-refractivity contribution is 0.0751. The third-order valence-electron chi connectivity index (χ3n) is 4.73. The summed E-state index contributed by atoms with van der Waals surface area (Å²) in [5.74, 6) is 2.58. The fourth-order valence-corrected chi connectivity index (χ4v) is 4.10. The number of aryl methyl sites for hydroxylation is 2. The first-order valence-corrected chi connectivity index (χ1v) is 9.84. The molecule has 0 radical (unpaired) electrons. The maximum absolute atomic E-state index is 12.5. The number of amides is 1. The van der Waals surface area contributed by atoms with Crippen molar-refractivity contribution in [2.75, 3.05) is 31.1 Å². The van der Waals surface area contributed by atoms with Crippen molar-refractivity contribution in [3.05, 3.63) is 40.0 Å². The predicted octanol–water partition coefficient (Wildman–Crippen LogP) is 2.41. The lowest BCUT2D eigenvalue weighted by Crippen LogP contribution is -2.49. The Bertz CT molecular complexity index is 911. The molecule has 0 spiro atoms. The molecule has 4 heterocycles. The number of nitrogens with zero attached hydrogens (tertiary/aromatic N) is 6. The van der Waals surface area contributed by atoms with Crippen LogP contribution in [0.4, 0.5) is 5.82 Å². The SMILES string of the molecule is CCCc1cc(N2CCN(C(=O)c3cccs3)CC2)nc2nnc(C)n12. The molecule has 1 aliphatic rings. The minimum Gasteiger partial charge on any atom is -0.353 e. The van der Waals surface area contributed by atoms with Gasteiger partial charge >= 0.3 is 0 Å². The van der Waals surface area contributed by atoms with Crippen LogP contribution >= 0.6 is 11.3 Å². The van der Waals surface area contributed by atoms with Gasteiger partial charge in [-0.25, -0.2) is 0 Å². The lowest BCUT2D eigenvalue weighted by atomic mass is 10.2. The topological polar surface area (TPSA) is 66.6 Å². The van der Waals surface area contributed by atoms with Gasteiger partial charge in [0.25, 0.3) is 11.7 Å². The highest BCUT2D eigenvalue weighted by Gasteiger charge is 2.24. The Morgan fingerprint density at radius 3 is 2.73 bits per heavy atom. The van der Waals surface area contributed by atoms with E-state index in [0.29, 0.717) is 18.9 Å². The third-order valence-corrected chi connectivity index (χ3v) is 5.59. The summed E-state index contributed by atoms with van der Waals surface area (Å²) in [6.45, 7) is 7.09. The highest BCUT2D eigenvalue weighted by molar-refractivity contribution is 7.12. The van der Waals surface area contributed by atoms with Crippen LogP contribution in [0, 0.1) is 6.92 Å². The van der Waals surface area contributed by atoms with Crippen LogP contribution in [0.3, 0.4) is 0 Å². The van der Waals surface area contributed by atoms with Gasteiger partial charge in [0.1, 0.15) is 11.6 Å². The maximum Gasteiger partial charge on any atom is 0.264 e. The molecule has 0 aromatic carbocycles. The number of hydrogen-bond donors (Lipinski definition) is 0. The fourth-order valence-electron chi connectivity index (χ4n) is 3.41. The minimum atomic E-state index is 0.128. The molecular formula is C18H22N6OS. The van der Waals surface area contributed by atoms with E-state index in [1.165, 1.54) is 17.0 Å². The second-order valence-corrected chi connectivity index (χ2v) is 7.44. The summed E-state index contributed by atoms with van der Waals surface area (Å²) in [6, 6.07) is 5.95. The summed E-state index contributed by atoms with van der Waals surface area (Å²) in [6.07, 6.45) is 2.01. The molecule has 1 saturated heterocycles. The van der Waals surface area contributed by atoms with Crippen LogP contribution < -0.4 is 4.90 Å². The molecule has 0 saturated carbocycles. The number of hydrogen-bond acceptors (Lipinski definition) is 6. The quantitative estimate of drug-likeness (QED) is 0.706. The van der Waals surface area contributed by atoms with Gasteiger partial charge in [-0.15, -0.1) is 21.5 Å². The van der Waals surface area contributed by atoms with E-state index in [2.05, 4.69) is 28.1 Å². The van der Waals surface area contributed by atoms with Crippen molar-refractivity contribution in [1.82, 2.24) is 24.5 Å². The third kappa shape index (κ3) is 3.05. The molecule has 3 aromatic heterocycles. The summed E-state index contributed by atoms with van der Waals surface area (Å²) < 4.78 is 2.03. The van der Waals surface area contributed by atoms with E-state index in [-0.39, 0.29) is 5.91 Å². The Kier molecular flexibility index (Phi) is 4.58. The minimum absolute atomic E-state index is 0.128. The normalized spacial score (nSPS) is 15.0. The van der Waals surface area contributed by atoms with Gasteiger partial charge in [-0.05, 0) is 24.8 Å². The molecule has 26 heavy (non-hydrogen) atoms. The maximum atomic E-state index is 12.5. The Morgan fingerprint density at radius 2 is 2.04 bits per heavy atom. The first-order valence-electron chi connectivity index (χ1n) is 8.96. The molecule has 3 aromatic rings. The number of fused-ring (bicyclic) bond motifs is 1. The highest BCUT2D eigenvalue weighted by atomic mass is 32.1. The molecule has 1 amide bonds. The van der Waals surface area contributed by atoms with Crippen molar-refractivity contribution in [3.8, 4) is 0 Å². The summed E-state index contributed by atoms with van der Waals surface area (Å²) in [5.41, 5.74) is 1.19. The van der Waals surface area contributed by atoms with Crippen LogP contribution in [0.2, 0.25) is 0 Å². The van der Waals surface area contributed by atoms with Gasteiger partial charge in [-0.3, -0.25) is 9.20 Å². The van der Waals surface area contributed by atoms with Gasteiger partial charge in [-0.1, -0.05) is 19.4 Å². The van der Waals surface area contributed by atoms with E-state index < -0.39 is 0 Å². The highest BCUT2D eigenvalue weighted by Crippen LogP contribution is 2.20.